The summed E-state index contributed by atoms with van der Waals surface area (Å²) in [5, 5.41) is 5.03. The van der Waals surface area contributed by atoms with Crippen molar-refractivity contribution in [1.82, 2.24) is 4.98 Å². The molecule has 1 N–H and O–H groups in total. The van der Waals surface area contributed by atoms with Crippen LogP contribution < -0.4 is 9.62 Å². The molecule has 152 valence electrons. The van der Waals surface area contributed by atoms with Crippen LogP contribution in [0.1, 0.15) is 35.8 Å². The van der Waals surface area contributed by atoms with E-state index in [4.69, 9.17) is 0 Å². The summed E-state index contributed by atoms with van der Waals surface area (Å²) < 4.78 is 28.1. The van der Waals surface area contributed by atoms with Crippen LogP contribution in [0.2, 0.25) is 0 Å². The lowest BCUT2D eigenvalue weighted by Gasteiger charge is -2.24. The highest BCUT2D eigenvalue weighted by atomic mass is 32.2. The first-order valence-corrected chi connectivity index (χ1v) is 11.6. The lowest BCUT2D eigenvalue weighted by Crippen LogP contribution is -2.32. The number of hydrogen-bond acceptors (Lipinski definition) is 5. The molecule has 0 aliphatic rings. The SMILES string of the molecule is CCCCN(c1ccccc1)S(=O)(=O)c1cccc(C(=O)Nc2nc(C)cs2)c1. The van der Waals surface area contributed by atoms with Crippen molar-refractivity contribution in [3.05, 3.63) is 71.2 Å². The van der Waals surface area contributed by atoms with Gasteiger partial charge in [0, 0.05) is 17.5 Å². The van der Waals surface area contributed by atoms with Crippen LogP contribution in [0, 0.1) is 6.92 Å². The second kappa shape index (κ2) is 9.19. The molecule has 2 aromatic carbocycles. The summed E-state index contributed by atoms with van der Waals surface area (Å²) in [4.78, 5) is 16.9. The zero-order chi connectivity index (χ0) is 20.9. The molecule has 1 amide bonds. The number of nitrogens with zero attached hydrogens (tertiary/aromatic N) is 2. The molecule has 0 radical (unpaired) electrons. The molecule has 0 saturated heterocycles. The molecular formula is C21H23N3O3S2. The number of aromatic nitrogens is 1. The summed E-state index contributed by atoms with van der Waals surface area (Å²) in [5.41, 5.74) is 1.69. The Hall–Kier alpha value is -2.71. The number of para-hydroxylation sites is 1. The summed E-state index contributed by atoms with van der Waals surface area (Å²) >= 11 is 1.32. The standard InChI is InChI=1S/C21H23N3O3S2/c1-3-4-13-24(18-10-6-5-7-11-18)29(26,27)19-12-8-9-17(14-19)20(25)23-21-22-16(2)15-28-21/h5-12,14-15H,3-4,13H2,1-2H3,(H,22,23,25). The van der Waals surface area contributed by atoms with Gasteiger partial charge in [0.05, 0.1) is 16.3 Å². The molecule has 6 nitrogen and oxygen atoms in total. The number of hydrogen-bond donors (Lipinski definition) is 1. The topological polar surface area (TPSA) is 79.4 Å². The molecule has 3 aromatic rings. The Morgan fingerprint density at radius 3 is 2.55 bits per heavy atom. The zero-order valence-corrected chi connectivity index (χ0v) is 18.0. The van der Waals surface area contributed by atoms with E-state index in [0.29, 0.717) is 17.4 Å². The number of benzene rings is 2. The molecule has 1 aromatic heterocycles. The molecule has 0 aliphatic heterocycles. The van der Waals surface area contributed by atoms with Crippen LogP contribution in [0.3, 0.4) is 0 Å². The van der Waals surface area contributed by atoms with Crippen LogP contribution in [0.4, 0.5) is 10.8 Å². The summed E-state index contributed by atoms with van der Waals surface area (Å²) in [6.07, 6.45) is 1.60. The van der Waals surface area contributed by atoms with E-state index in [1.807, 2.05) is 37.4 Å². The van der Waals surface area contributed by atoms with Gasteiger partial charge < -0.3 is 0 Å². The minimum atomic E-state index is -3.81. The number of aryl methyl sites for hydroxylation is 1. The third-order valence-electron chi connectivity index (χ3n) is 4.28. The van der Waals surface area contributed by atoms with E-state index in [2.05, 4.69) is 10.3 Å². The molecular weight excluding hydrogens is 406 g/mol. The average Bonchev–Trinajstić information content (AvgIpc) is 3.13. The van der Waals surface area contributed by atoms with Gasteiger partial charge >= 0.3 is 0 Å². The summed E-state index contributed by atoms with van der Waals surface area (Å²) in [6.45, 7) is 4.23. The fourth-order valence-corrected chi connectivity index (χ4v) is 5.02. The number of thiazole rings is 1. The predicted molar refractivity (Wildman–Crippen MR) is 117 cm³/mol. The van der Waals surface area contributed by atoms with Gasteiger partial charge in [0.25, 0.3) is 15.9 Å². The largest absolute Gasteiger partial charge is 0.298 e. The number of anilines is 2. The van der Waals surface area contributed by atoms with Gasteiger partial charge in [-0.15, -0.1) is 11.3 Å². The molecule has 0 bridgehead atoms. The van der Waals surface area contributed by atoms with Crippen LogP contribution in [0.25, 0.3) is 0 Å². The van der Waals surface area contributed by atoms with Gasteiger partial charge in [-0.25, -0.2) is 13.4 Å². The van der Waals surface area contributed by atoms with Crippen LogP contribution in [-0.2, 0) is 10.0 Å². The molecule has 0 saturated carbocycles. The summed E-state index contributed by atoms with van der Waals surface area (Å²) in [7, 11) is -3.81. The third-order valence-corrected chi connectivity index (χ3v) is 6.98. The number of unbranched alkanes of at least 4 members (excludes halogenated alkanes) is 1. The molecule has 3 rings (SSSR count). The lowest BCUT2D eigenvalue weighted by molar-refractivity contribution is 0.102. The van der Waals surface area contributed by atoms with Crippen molar-refractivity contribution in [2.75, 3.05) is 16.2 Å². The van der Waals surface area contributed by atoms with Gasteiger partial charge in [-0.05, 0) is 43.7 Å². The molecule has 0 atom stereocenters. The number of rotatable bonds is 8. The van der Waals surface area contributed by atoms with E-state index >= 15 is 0 Å². The zero-order valence-electron chi connectivity index (χ0n) is 16.3. The fraction of sp³-hybridized carbons (Fsp3) is 0.238. The number of nitrogens with one attached hydrogen (secondary N) is 1. The Morgan fingerprint density at radius 1 is 1.14 bits per heavy atom. The normalized spacial score (nSPS) is 11.2. The smallest absolute Gasteiger partial charge is 0.264 e. The van der Waals surface area contributed by atoms with Crippen molar-refractivity contribution in [2.45, 2.75) is 31.6 Å². The van der Waals surface area contributed by atoms with Crippen molar-refractivity contribution >= 4 is 38.1 Å². The lowest BCUT2D eigenvalue weighted by atomic mass is 10.2. The van der Waals surface area contributed by atoms with Crippen molar-refractivity contribution in [3.8, 4) is 0 Å². The Balaban J connectivity index is 1.91. The highest BCUT2D eigenvalue weighted by Crippen LogP contribution is 2.25. The van der Waals surface area contributed by atoms with E-state index < -0.39 is 15.9 Å². The van der Waals surface area contributed by atoms with E-state index in [-0.39, 0.29) is 10.5 Å². The van der Waals surface area contributed by atoms with Gasteiger partial charge in [0.2, 0.25) is 0 Å². The van der Waals surface area contributed by atoms with Crippen molar-refractivity contribution < 1.29 is 13.2 Å². The first-order valence-electron chi connectivity index (χ1n) is 9.33. The van der Waals surface area contributed by atoms with Crippen molar-refractivity contribution in [1.29, 1.82) is 0 Å². The maximum Gasteiger partial charge on any atom is 0.264 e. The average molecular weight is 430 g/mol. The molecule has 8 heteroatoms. The van der Waals surface area contributed by atoms with Gasteiger partial charge in [-0.1, -0.05) is 37.6 Å². The Kier molecular flexibility index (Phi) is 6.66. The van der Waals surface area contributed by atoms with Crippen LogP contribution in [-0.4, -0.2) is 25.9 Å². The molecule has 0 spiro atoms. The second-order valence-electron chi connectivity index (χ2n) is 6.54. The minimum Gasteiger partial charge on any atom is -0.298 e. The second-order valence-corrected chi connectivity index (χ2v) is 9.26. The van der Waals surface area contributed by atoms with E-state index in [1.54, 1.807) is 24.3 Å². The van der Waals surface area contributed by atoms with Gasteiger partial charge in [0.1, 0.15) is 0 Å². The number of sulfonamides is 1. The van der Waals surface area contributed by atoms with Gasteiger partial charge in [-0.2, -0.15) is 0 Å². The Labute approximate surface area is 175 Å². The first kappa shape index (κ1) is 21.0. The summed E-state index contributed by atoms with van der Waals surface area (Å²) in [5.74, 6) is -0.392. The number of carbonyl (C=O) groups is 1. The fourth-order valence-electron chi connectivity index (χ4n) is 2.79. The maximum atomic E-state index is 13.4. The van der Waals surface area contributed by atoms with Gasteiger partial charge in [0.15, 0.2) is 5.13 Å². The predicted octanol–water partition coefficient (Wildman–Crippen LogP) is 4.70. The molecule has 29 heavy (non-hydrogen) atoms. The first-order chi connectivity index (χ1) is 13.9. The van der Waals surface area contributed by atoms with Crippen molar-refractivity contribution in [2.24, 2.45) is 0 Å². The molecule has 0 fully saturated rings. The molecule has 0 aliphatic carbocycles. The van der Waals surface area contributed by atoms with E-state index in [9.17, 15) is 13.2 Å². The highest BCUT2D eigenvalue weighted by molar-refractivity contribution is 7.92. The highest BCUT2D eigenvalue weighted by Gasteiger charge is 2.25. The number of amides is 1. The van der Waals surface area contributed by atoms with Crippen LogP contribution >= 0.6 is 11.3 Å². The third kappa shape index (κ3) is 5.02. The van der Waals surface area contributed by atoms with E-state index in [0.717, 1.165) is 18.5 Å². The molecule has 1 heterocycles. The quantitative estimate of drug-likeness (QED) is 0.563. The molecule has 0 unspecified atom stereocenters. The van der Waals surface area contributed by atoms with Crippen molar-refractivity contribution in [3.63, 3.8) is 0 Å². The Morgan fingerprint density at radius 2 is 1.90 bits per heavy atom. The van der Waals surface area contributed by atoms with E-state index in [1.165, 1.54) is 27.8 Å². The summed E-state index contributed by atoms with van der Waals surface area (Å²) in [6, 6.07) is 15.1. The Bertz CT molecular complexity index is 1080. The van der Waals surface area contributed by atoms with Gasteiger partial charge in [-0.3, -0.25) is 14.4 Å². The van der Waals surface area contributed by atoms with Crippen LogP contribution in [0.15, 0.2) is 64.9 Å². The number of carbonyl (C=O) groups excluding carboxylic acids is 1. The minimum absolute atomic E-state index is 0.0837. The van der Waals surface area contributed by atoms with Crippen LogP contribution in [0.5, 0.6) is 0 Å². The maximum absolute atomic E-state index is 13.4. The monoisotopic (exact) mass is 429 g/mol.